The van der Waals surface area contributed by atoms with Gasteiger partial charge in [0, 0.05) is 0 Å². The van der Waals surface area contributed by atoms with E-state index < -0.39 is 0 Å². The Kier molecular flexibility index (Phi) is 2.72. The van der Waals surface area contributed by atoms with Gasteiger partial charge in [0.25, 0.3) is 0 Å². The number of nitrogens with one attached hydrogen (secondary N) is 1. The Morgan fingerprint density at radius 2 is 2.12 bits per heavy atom. The van der Waals surface area contributed by atoms with Gasteiger partial charge in [-0.1, -0.05) is 13.0 Å². The molecule has 1 aromatic carbocycles. The molecule has 0 saturated carbocycles. The highest BCUT2D eigenvalue weighted by atomic mass is 16.4. The summed E-state index contributed by atoms with van der Waals surface area (Å²) >= 11 is 0. The fourth-order valence-corrected chi connectivity index (χ4v) is 1.57. The van der Waals surface area contributed by atoms with Crippen LogP contribution in [0.1, 0.15) is 32.2 Å². The zero-order valence-electron chi connectivity index (χ0n) is 10.3. The first-order chi connectivity index (χ1) is 7.56. The fraction of sp³-hybridized carbons (Fsp3) is 0.462. The third kappa shape index (κ3) is 1.83. The van der Waals surface area contributed by atoms with Gasteiger partial charge < -0.3 is 9.73 Å². The lowest BCUT2D eigenvalue weighted by atomic mass is 10.1. The maximum atomic E-state index is 5.75. The van der Waals surface area contributed by atoms with E-state index in [1.165, 1.54) is 5.56 Å². The van der Waals surface area contributed by atoms with Crippen molar-refractivity contribution in [2.75, 3.05) is 7.05 Å². The molecule has 0 unspecified atom stereocenters. The van der Waals surface area contributed by atoms with Gasteiger partial charge in [0.15, 0.2) is 5.58 Å². The van der Waals surface area contributed by atoms with Crippen molar-refractivity contribution in [3.8, 4) is 0 Å². The van der Waals surface area contributed by atoms with Crippen molar-refractivity contribution in [2.24, 2.45) is 0 Å². The molecule has 0 amide bonds. The van der Waals surface area contributed by atoms with Gasteiger partial charge in [0.1, 0.15) is 5.52 Å². The van der Waals surface area contributed by atoms with Gasteiger partial charge in [-0.25, -0.2) is 4.98 Å². The normalized spacial score (nSPS) is 12.2. The molecule has 0 atom stereocenters. The molecule has 1 aromatic heterocycles. The lowest BCUT2D eigenvalue weighted by Crippen LogP contribution is -2.33. The van der Waals surface area contributed by atoms with E-state index in [4.69, 9.17) is 4.42 Å². The van der Waals surface area contributed by atoms with Crippen molar-refractivity contribution in [1.82, 2.24) is 10.3 Å². The lowest BCUT2D eigenvalue weighted by molar-refractivity contribution is 0.338. The molecule has 1 heterocycles. The monoisotopic (exact) mass is 218 g/mol. The summed E-state index contributed by atoms with van der Waals surface area (Å²) in [6, 6.07) is 6.17. The van der Waals surface area contributed by atoms with Gasteiger partial charge in [-0.2, -0.15) is 0 Å². The first-order valence-corrected chi connectivity index (χ1v) is 5.65. The van der Waals surface area contributed by atoms with Crippen LogP contribution in [0.5, 0.6) is 0 Å². The Bertz CT molecular complexity index is 500. The molecule has 0 bridgehead atoms. The second-order valence-corrected chi connectivity index (χ2v) is 4.55. The molecule has 1 N–H and O–H groups in total. The summed E-state index contributed by atoms with van der Waals surface area (Å²) in [7, 11) is 1.91. The summed E-state index contributed by atoms with van der Waals surface area (Å²) in [5, 5.41) is 3.19. The quantitative estimate of drug-likeness (QED) is 0.860. The smallest absolute Gasteiger partial charge is 0.215 e. The first kappa shape index (κ1) is 11.1. The average molecular weight is 218 g/mol. The summed E-state index contributed by atoms with van der Waals surface area (Å²) in [6.45, 7) is 6.25. The summed E-state index contributed by atoms with van der Waals surface area (Å²) < 4.78 is 5.75. The number of benzene rings is 1. The molecule has 0 fully saturated rings. The predicted molar refractivity (Wildman–Crippen MR) is 65.5 cm³/mol. The van der Waals surface area contributed by atoms with Crippen LogP contribution in [-0.4, -0.2) is 12.0 Å². The van der Waals surface area contributed by atoms with Crippen molar-refractivity contribution < 1.29 is 4.42 Å². The van der Waals surface area contributed by atoms with Crippen molar-refractivity contribution in [2.45, 2.75) is 32.7 Å². The molecule has 0 radical (unpaired) electrons. The number of oxazole rings is 1. The highest BCUT2D eigenvalue weighted by Crippen LogP contribution is 2.24. The summed E-state index contributed by atoms with van der Waals surface area (Å²) in [6.07, 6.45) is 1.02. The minimum absolute atomic E-state index is 0.231. The van der Waals surface area contributed by atoms with Crippen LogP contribution in [0.2, 0.25) is 0 Å². The van der Waals surface area contributed by atoms with Crippen LogP contribution in [0.15, 0.2) is 22.6 Å². The Labute approximate surface area is 95.9 Å². The van der Waals surface area contributed by atoms with Crippen LogP contribution in [-0.2, 0) is 12.0 Å². The van der Waals surface area contributed by atoms with E-state index in [9.17, 15) is 0 Å². The predicted octanol–water partition coefficient (Wildman–Crippen LogP) is 2.84. The molecule has 0 aliphatic heterocycles. The molecule has 0 aliphatic carbocycles. The summed E-state index contributed by atoms with van der Waals surface area (Å²) in [5.41, 5.74) is 2.86. The van der Waals surface area contributed by atoms with Crippen LogP contribution < -0.4 is 5.32 Å². The molecular formula is C13H18N2O. The second kappa shape index (κ2) is 3.91. The van der Waals surface area contributed by atoms with Gasteiger partial charge >= 0.3 is 0 Å². The first-order valence-electron chi connectivity index (χ1n) is 5.65. The Hall–Kier alpha value is -1.35. The standard InChI is InChI=1S/C13H18N2O/c1-5-9-6-7-11-10(8-9)15-12(16-11)13(2,3)14-4/h6-8,14H,5H2,1-4H3. The van der Waals surface area contributed by atoms with E-state index >= 15 is 0 Å². The van der Waals surface area contributed by atoms with E-state index in [0.29, 0.717) is 0 Å². The molecule has 2 aromatic rings. The van der Waals surface area contributed by atoms with Crippen LogP contribution in [0.25, 0.3) is 11.1 Å². The number of rotatable bonds is 3. The van der Waals surface area contributed by atoms with Gasteiger partial charge in [0.05, 0.1) is 5.54 Å². The summed E-state index contributed by atoms with van der Waals surface area (Å²) in [4.78, 5) is 4.53. The second-order valence-electron chi connectivity index (χ2n) is 4.55. The third-order valence-corrected chi connectivity index (χ3v) is 3.02. The van der Waals surface area contributed by atoms with E-state index in [-0.39, 0.29) is 5.54 Å². The highest BCUT2D eigenvalue weighted by Gasteiger charge is 2.24. The number of hydrogen-bond acceptors (Lipinski definition) is 3. The number of aryl methyl sites for hydroxylation is 1. The van der Waals surface area contributed by atoms with Gasteiger partial charge in [0.2, 0.25) is 5.89 Å². The minimum atomic E-state index is -0.231. The van der Waals surface area contributed by atoms with Crippen LogP contribution in [0.3, 0.4) is 0 Å². The van der Waals surface area contributed by atoms with Gasteiger partial charge in [-0.05, 0) is 45.0 Å². The lowest BCUT2D eigenvalue weighted by Gasteiger charge is -2.18. The molecular weight excluding hydrogens is 200 g/mol. The van der Waals surface area contributed by atoms with Crippen molar-refractivity contribution in [3.63, 3.8) is 0 Å². The molecule has 0 aliphatic rings. The van der Waals surface area contributed by atoms with Crippen LogP contribution in [0, 0.1) is 0 Å². The van der Waals surface area contributed by atoms with Crippen molar-refractivity contribution >= 4 is 11.1 Å². The molecule has 2 rings (SSSR count). The maximum Gasteiger partial charge on any atom is 0.215 e. The van der Waals surface area contributed by atoms with Gasteiger partial charge in [-0.15, -0.1) is 0 Å². The fourth-order valence-electron chi connectivity index (χ4n) is 1.57. The zero-order valence-corrected chi connectivity index (χ0v) is 10.3. The number of fused-ring (bicyclic) bond motifs is 1. The molecule has 0 saturated heterocycles. The SMILES string of the molecule is CCc1ccc2oc(C(C)(C)NC)nc2c1. The van der Waals surface area contributed by atoms with E-state index in [2.05, 4.69) is 43.2 Å². The third-order valence-electron chi connectivity index (χ3n) is 3.02. The molecule has 16 heavy (non-hydrogen) atoms. The largest absolute Gasteiger partial charge is 0.439 e. The molecule has 3 nitrogen and oxygen atoms in total. The topological polar surface area (TPSA) is 38.1 Å². The summed E-state index contributed by atoms with van der Waals surface area (Å²) in [5.74, 6) is 0.734. The maximum absolute atomic E-state index is 5.75. The zero-order chi connectivity index (χ0) is 11.8. The number of aromatic nitrogens is 1. The van der Waals surface area contributed by atoms with Crippen LogP contribution >= 0.6 is 0 Å². The minimum Gasteiger partial charge on any atom is -0.439 e. The Balaban J connectivity index is 2.52. The Morgan fingerprint density at radius 3 is 2.75 bits per heavy atom. The average Bonchev–Trinajstić information content (AvgIpc) is 2.72. The molecule has 3 heteroatoms. The van der Waals surface area contributed by atoms with E-state index in [1.807, 2.05) is 13.1 Å². The van der Waals surface area contributed by atoms with E-state index in [0.717, 1.165) is 23.4 Å². The van der Waals surface area contributed by atoms with Crippen molar-refractivity contribution in [1.29, 1.82) is 0 Å². The van der Waals surface area contributed by atoms with Crippen LogP contribution in [0.4, 0.5) is 0 Å². The Morgan fingerprint density at radius 1 is 1.38 bits per heavy atom. The molecule has 86 valence electrons. The molecule has 0 spiro atoms. The van der Waals surface area contributed by atoms with Crippen molar-refractivity contribution in [3.05, 3.63) is 29.7 Å². The number of hydrogen-bond donors (Lipinski definition) is 1. The van der Waals surface area contributed by atoms with Gasteiger partial charge in [-0.3, -0.25) is 0 Å². The number of nitrogens with zero attached hydrogens (tertiary/aromatic N) is 1. The van der Waals surface area contributed by atoms with E-state index in [1.54, 1.807) is 0 Å². The highest BCUT2D eigenvalue weighted by molar-refractivity contribution is 5.73.